The number of nitrogens with zero attached hydrogens (tertiary/aromatic N) is 1. The lowest BCUT2D eigenvalue weighted by molar-refractivity contribution is -0.136. The Morgan fingerprint density at radius 3 is 2.56 bits per heavy atom. The van der Waals surface area contributed by atoms with Crippen molar-refractivity contribution in [3.8, 4) is 0 Å². The summed E-state index contributed by atoms with van der Waals surface area (Å²) in [6.45, 7) is 0.420. The lowest BCUT2D eigenvalue weighted by atomic mass is 10.0. The van der Waals surface area contributed by atoms with Crippen molar-refractivity contribution in [1.82, 2.24) is 10.2 Å². The van der Waals surface area contributed by atoms with Gasteiger partial charge in [0.25, 0.3) is 5.91 Å². The largest absolute Gasteiger partial charge is 0.322 e. The van der Waals surface area contributed by atoms with Gasteiger partial charge < -0.3 is 4.90 Å². The second kappa shape index (κ2) is 6.16. The highest BCUT2D eigenvalue weighted by atomic mass is 16.2. The molecule has 0 bridgehead atoms. The molecule has 1 fully saturated rings. The molecule has 1 N–H and O–H groups in total. The van der Waals surface area contributed by atoms with Crippen LogP contribution in [0.1, 0.15) is 39.9 Å². The first-order valence-corrected chi connectivity index (χ1v) is 8.42. The highest BCUT2D eigenvalue weighted by Gasteiger charge is 2.38. The zero-order chi connectivity index (χ0) is 17.4. The molecule has 4 rings (SSSR count). The highest BCUT2D eigenvalue weighted by molar-refractivity contribution is 6.05. The van der Waals surface area contributed by atoms with Crippen LogP contribution in [0.4, 0.5) is 0 Å². The SMILES string of the molecule is O=C1CCC(N2Cc3cc(Cc4ccccc4)ccc3C2=O)C(=O)N1. The molecule has 0 spiro atoms. The van der Waals surface area contributed by atoms with E-state index >= 15 is 0 Å². The van der Waals surface area contributed by atoms with Gasteiger partial charge in [-0.1, -0.05) is 42.5 Å². The lowest BCUT2D eigenvalue weighted by Crippen LogP contribution is -2.52. The van der Waals surface area contributed by atoms with Gasteiger partial charge in [0.15, 0.2) is 0 Å². The molecule has 1 atom stereocenters. The smallest absolute Gasteiger partial charge is 0.255 e. The fraction of sp³-hybridized carbons (Fsp3) is 0.250. The van der Waals surface area contributed by atoms with Crippen LogP contribution >= 0.6 is 0 Å². The van der Waals surface area contributed by atoms with Crippen molar-refractivity contribution in [2.24, 2.45) is 0 Å². The summed E-state index contributed by atoms with van der Waals surface area (Å²) >= 11 is 0. The zero-order valence-corrected chi connectivity index (χ0v) is 13.7. The van der Waals surface area contributed by atoms with E-state index in [4.69, 9.17) is 0 Å². The molecule has 25 heavy (non-hydrogen) atoms. The Bertz CT molecular complexity index is 860. The van der Waals surface area contributed by atoms with Crippen LogP contribution in [0.15, 0.2) is 48.5 Å². The average Bonchev–Trinajstić information content (AvgIpc) is 2.92. The van der Waals surface area contributed by atoms with Crippen molar-refractivity contribution in [2.75, 3.05) is 0 Å². The normalized spacial score (nSPS) is 19.8. The lowest BCUT2D eigenvalue weighted by Gasteiger charge is -2.29. The van der Waals surface area contributed by atoms with E-state index in [1.165, 1.54) is 5.56 Å². The minimum absolute atomic E-state index is 0.129. The minimum Gasteiger partial charge on any atom is -0.322 e. The molecule has 5 heteroatoms. The summed E-state index contributed by atoms with van der Waals surface area (Å²) in [5.41, 5.74) is 3.96. The van der Waals surface area contributed by atoms with Gasteiger partial charge in [-0.15, -0.1) is 0 Å². The Morgan fingerprint density at radius 2 is 1.80 bits per heavy atom. The maximum atomic E-state index is 12.7. The van der Waals surface area contributed by atoms with Crippen LogP contribution in [-0.2, 0) is 22.6 Å². The maximum Gasteiger partial charge on any atom is 0.255 e. The van der Waals surface area contributed by atoms with Gasteiger partial charge in [0.1, 0.15) is 6.04 Å². The summed E-state index contributed by atoms with van der Waals surface area (Å²) < 4.78 is 0. The molecule has 2 aromatic rings. The first kappa shape index (κ1) is 15.6. The third-order valence-electron chi connectivity index (χ3n) is 4.84. The summed E-state index contributed by atoms with van der Waals surface area (Å²) in [5.74, 6) is -0.770. The summed E-state index contributed by atoms with van der Waals surface area (Å²) in [6, 6.07) is 15.5. The van der Waals surface area contributed by atoms with Crippen LogP contribution in [0.25, 0.3) is 0 Å². The van der Waals surface area contributed by atoms with Crippen molar-refractivity contribution in [2.45, 2.75) is 31.8 Å². The summed E-state index contributed by atoms with van der Waals surface area (Å²) in [4.78, 5) is 37.6. The molecule has 126 valence electrons. The number of rotatable bonds is 3. The number of piperidine rings is 1. The van der Waals surface area contributed by atoms with Crippen molar-refractivity contribution in [3.63, 3.8) is 0 Å². The van der Waals surface area contributed by atoms with Gasteiger partial charge in [-0.3, -0.25) is 19.7 Å². The molecule has 2 aromatic carbocycles. The van der Waals surface area contributed by atoms with Crippen LogP contribution in [0.5, 0.6) is 0 Å². The molecule has 1 unspecified atom stereocenters. The molecule has 2 aliphatic heterocycles. The Labute approximate surface area is 145 Å². The van der Waals surface area contributed by atoms with Gasteiger partial charge in [0, 0.05) is 18.5 Å². The molecule has 0 radical (unpaired) electrons. The Hall–Kier alpha value is -2.95. The van der Waals surface area contributed by atoms with Gasteiger partial charge >= 0.3 is 0 Å². The Balaban J connectivity index is 1.55. The van der Waals surface area contributed by atoms with E-state index in [9.17, 15) is 14.4 Å². The molecule has 0 aliphatic carbocycles. The monoisotopic (exact) mass is 334 g/mol. The number of imide groups is 1. The van der Waals surface area contributed by atoms with Crippen LogP contribution in [0, 0.1) is 0 Å². The second-order valence-electron chi connectivity index (χ2n) is 6.55. The van der Waals surface area contributed by atoms with Crippen molar-refractivity contribution < 1.29 is 14.4 Å². The van der Waals surface area contributed by atoms with E-state index in [2.05, 4.69) is 17.4 Å². The number of benzene rings is 2. The molecule has 2 heterocycles. The fourth-order valence-electron chi connectivity index (χ4n) is 3.57. The van der Waals surface area contributed by atoms with Crippen LogP contribution in [-0.4, -0.2) is 28.7 Å². The van der Waals surface area contributed by atoms with Gasteiger partial charge in [-0.05, 0) is 35.6 Å². The van der Waals surface area contributed by atoms with Gasteiger partial charge in [-0.25, -0.2) is 0 Å². The third-order valence-corrected chi connectivity index (χ3v) is 4.84. The predicted octanol–water partition coefficient (Wildman–Crippen LogP) is 2.04. The molecule has 1 saturated heterocycles. The molecule has 0 aromatic heterocycles. The second-order valence-corrected chi connectivity index (χ2v) is 6.55. The van der Waals surface area contributed by atoms with Crippen molar-refractivity contribution in [1.29, 1.82) is 0 Å². The molecule has 0 saturated carbocycles. The van der Waals surface area contributed by atoms with Gasteiger partial charge in [0.2, 0.25) is 11.8 Å². The number of carbonyl (C=O) groups is 3. The standard InChI is InChI=1S/C20H18N2O3/c23-18-9-8-17(19(24)21-18)22-12-15-11-14(6-7-16(15)20(22)25)10-13-4-2-1-3-5-13/h1-7,11,17H,8-10,12H2,(H,21,23,24). The number of nitrogens with one attached hydrogen (secondary N) is 1. The number of hydrogen-bond donors (Lipinski definition) is 1. The van der Waals surface area contributed by atoms with Crippen LogP contribution in [0.3, 0.4) is 0 Å². The van der Waals surface area contributed by atoms with E-state index < -0.39 is 6.04 Å². The topological polar surface area (TPSA) is 66.5 Å². The number of carbonyl (C=O) groups excluding carboxylic acids is 3. The summed E-state index contributed by atoms with van der Waals surface area (Å²) in [5, 5.41) is 2.33. The predicted molar refractivity (Wildman–Crippen MR) is 91.7 cm³/mol. The highest BCUT2D eigenvalue weighted by Crippen LogP contribution is 2.28. The zero-order valence-electron chi connectivity index (χ0n) is 13.7. The summed E-state index contributed by atoms with van der Waals surface area (Å²) in [6.07, 6.45) is 1.47. The van der Waals surface area contributed by atoms with E-state index in [1.54, 1.807) is 4.90 Å². The van der Waals surface area contributed by atoms with Crippen LogP contribution < -0.4 is 5.32 Å². The van der Waals surface area contributed by atoms with E-state index in [-0.39, 0.29) is 24.1 Å². The van der Waals surface area contributed by atoms with E-state index in [1.807, 2.05) is 36.4 Å². The first-order chi connectivity index (χ1) is 12.1. The third kappa shape index (κ3) is 2.93. The number of amides is 3. The summed E-state index contributed by atoms with van der Waals surface area (Å²) in [7, 11) is 0. The molecular formula is C20H18N2O3. The quantitative estimate of drug-likeness (QED) is 0.874. The maximum absolute atomic E-state index is 12.7. The van der Waals surface area contributed by atoms with E-state index in [0.717, 1.165) is 17.5 Å². The van der Waals surface area contributed by atoms with Crippen LogP contribution in [0.2, 0.25) is 0 Å². The van der Waals surface area contributed by atoms with Crippen molar-refractivity contribution >= 4 is 17.7 Å². The van der Waals surface area contributed by atoms with Crippen molar-refractivity contribution in [3.05, 3.63) is 70.8 Å². The average molecular weight is 334 g/mol. The fourth-order valence-corrected chi connectivity index (χ4v) is 3.57. The molecule has 5 nitrogen and oxygen atoms in total. The Morgan fingerprint density at radius 1 is 1.00 bits per heavy atom. The van der Waals surface area contributed by atoms with Gasteiger partial charge in [-0.2, -0.15) is 0 Å². The minimum atomic E-state index is -0.560. The Kier molecular flexibility index (Phi) is 3.84. The van der Waals surface area contributed by atoms with E-state index in [0.29, 0.717) is 18.5 Å². The molecule has 3 amide bonds. The number of hydrogen-bond acceptors (Lipinski definition) is 3. The molecule has 2 aliphatic rings. The number of fused-ring (bicyclic) bond motifs is 1. The molecular weight excluding hydrogens is 316 g/mol. The van der Waals surface area contributed by atoms with Gasteiger partial charge in [0.05, 0.1) is 0 Å². The first-order valence-electron chi connectivity index (χ1n) is 8.42.